The van der Waals surface area contributed by atoms with Crippen molar-refractivity contribution in [3.05, 3.63) is 57.3 Å². The Balaban J connectivity index is 1.81. The second kappa shape index (κ2) is 7.02. The monoisotopic (exact) mass is 288 g/mol. The summed E-state index contributed by atoms with van der Waals surface area (Å²) in [5.74, 6) is 0.416. The van der Waals surface area contributed by atoms with E-state index in [1.807, 2.05) is 29.5 Å². The van der Waals surface area contributed by atoms with Crippen LogP contribution in [0.5, 0.6) is 0 Å². The Kier molecular flexibility index (Phi) is 5.35. The number of thiophene rings is 1. The molecule has 1 aromatic carbocycles. The van der Waals surface area contributed by atoms with Crippen molar-refractivity contribution in [1.29, 1.82) is 0 Å². The molecule has 1 heterocycles. The molecule has 0 spiro atoms. The fourth-order valence-corrected chi connectivity index (χ4v) is 3.31. The zero-order valence-corrected chi connectivity index (χ0v) is 13.3. The lowest BCUT2D eigenvalue weighted by Gasteiger charge is -2.20. The van der Waals surface area contributed by atoms with Gasteiger partial charge in [-0.1, -0.05) is 37.3 Å². The van der Waals surface area contributed by atoms with Gasteiger partial charge in [-0.05, 0) is 43.5 Å². The molecule has 0 fully saturated rings. The van der Waals surface area contributed by atoms with E-state index in [-0.39, 0.29) is 6.04 Å². The van der Waals surface area contributed by atoms with Crippen molar-refractivity contribution in [1.82, 2.24) is 5.32 Å². The second-order valence-corrected chi connectivity index (χ2v) is 6.84. The van der Waals surface area contributed by atoms with E-state index in [1.165, 1.54) is 20.9 Å². The van der Waals surface area contributed by atoms with Crippen LogP contribution in [-0.4, -0.2) is 6.54 Å². The number of benzene rings is 1. The summed E-state index contributed by atoms with van der Waals surface area (Å²) in [5.41, 5.74) is 8.91. The molecule has 2 aromatic rings. The molecule has 3 heteroatoms. The molecule has 20 heavy (non-hydrogen) atoms. The van der Waals surface area contributed by atoms with Crippen LogP contribution in [0.25, 0.3) is 0 Å². The highest BCUT2D eigenvalue weighted by Crippen LogP contribution is 2.21. The topological polar surface area (TPSA) is 38.0 Å². The van der Waals surface area contributed by atoms with Gasteiger partial charge in [-0.15, -0.1) is 11.3 Å². The van der Waals surface area contributed by atoms with Gasteiger partial charge in [-0.25, -0.2) is 0 Å². The standard InChI is InChI=1S/C17H24N2S/c1-12-9-16(20-14(12)3)11-19-10-13(2)17(18)15-7-5-4-6-8-15/h4-9,13,17,19H,10-11,18H2,1-3H3. The van der Waals surface area contributed by atoms with Crippen molar-refractivity contribution in [2.75, 3.05) is 6.54 Å². The first-order valence-electron chi connectivity index (χ1n) is 7.15. The predicted molar refractivity (Wildman–Crippen MR) is 88.0 cm³/mol. The van der Waals surface area contributed by atoms with Gasteiger partial charge in [0.05, 0.1) is 0 Å². The van der Waals surface area contributed by atoms with Crippen LogP contribution in [0, 0.1) is 19.8 Å². The minimum Gasteiger partial charge on any atom is -0.324 e. The molecule has 0 aliphatic rings. The van der Waals surface area contributed by atoms with Gasteiger partial charge in [0.25, 0.3) is 0 Å². The third-order valence-corrected chi connectivity index (χ3v) is 4.93. The zero-order chi connectivity index (χ0) is 14.5. The van der Waals surface area contributed by atoms with E-state index < -0.39 is 0 Å². The van der Waals surface area contributed by atoms with Gasteiger partial charge in [-0.2, -0.15) is 0 Å². The molecule has 2 unspecified atom stereocenters. The third-order valence-electron chi connectivity index (χ3n) is 3.78. The Morgan fingerprint density at radius 2 is 1.90 bits per heavy atom. The molecule has 2 rings (SSSR count). The van der Waals surface area contributed by atoms with Crippen molar-refractivity contribution >= 4 is 11.3 Å². The van der Waals surface area contributed by atoms with E-state index in [4.69, 9.17) is 5.73 Å². The highest BCUT2D eigenvalue weighted by molar-refractivity contribution is 7.12. The average molecular weight is 288 g/mol. The third kappa shape index (κ3) is 3.92. The molecular weight excluding hydrogens is 264 g/mol. The fourth-order valence-electron chi connectivity index (χ4n) is 2.29. The van der Waals surface area contributed by atoms with Crippen molar-refractivity contribution in [3.63, 3.8) is 0 Å². The van der Waals surface area contributed by atoms with Gasteiger partial charge < -0.3 is 11.1 Å². The predicted octanol–water partition coefficient (Wildman–Crippen LogP) is 3.79. The first kappa shape index (κ1) is 15.2. The van der Waals surface area contributed by atoms with E-state index in [1.54, 1.807) is 0 Å². The van der Waals surface area contributed by atoms with Crippen molar-refractivity contribution < 1.29 is 0 Å². The number of aryl methyl sites for hydroxylation is 2. The van der Waals surface area contributed by atoms with Crippen LogP contribution >= 0.6 is 11.3 Å². The minimum absolute atomic E-state index is 0.0931. The Morgan fingerprint density at radius 3 is 2.50 bits per heavy atom. The number of rotatable bonds is 6. The molecule has 0 saturated carbocycles. The lowest BCUT2D eigenvalue weighted by molar-refractivity contribution is 0.435. The maximum absolute atomic E-state index is 6.31. The first-order chi connectivity index (χ1) is 9.58. The highest BCUT2D eigenvalue weighted by Gasteiger charge is 2.14. The molecule has 3 N–H and O–H groups in total. The summed E-state index contributed by atoms with van der Waals surface area (Å²) in [6, 6.07) is 12.7. The molecular formula is C17H24N2S. The minimum atomic E-state index is 0.0931. The van der Waals surface area contributed by atoms with Crippen LogP contribution in [0.1, 0.15) is 33.8 Å². The lowest BCUT2D eigenvalue weighted by atomic mass is 9.95. The molecule has 0 aliphatic heterocycles. The van der Waals surface area contributed by atoms with Gasteiger partial charge in [0.2, 0.25) is 0 Å². The quantitative estimate of drug-likeness (QED) is 0.848. The molecule has 0 bridgehead atoms. The zero-order valence-electron chi connectivity index (χ0n) is 12.5. The van der Waals surface area contributed by atoms with Crippen LogP contribution in [-0.2, 0) is 6.54 Å². The molecule has 0 aliphatic carbocycles. The smallest absolute Gasteiger partial charge is 0.0333 e. The normalized spacial score (nSPS) is 14.2. The molecule has 2 atom stereocenters. The molecule has 0 radical (unpaired) electrons. The first-order valence-corrected chi connectivity index (χ1v) is 7.96. The van der Waals surface area contributed by atoms with E-state index in [0.29, 0.717) is 5.92 Å². The second-order valence-electron chi connectivity index (χ2n) is 5.50. The molecule has 1 aromatic heterocycles. The summed E-state index contributed by atoms with van der Waals surface area (Å²) in [5, 5.41) is 3.52. The van der Waals surface area contributed by atoms with Gasteiger partial charge in [0, 0.05) is 22.3 Å². The van der Waals surface area contributed by atoms with Crippen LogP contribution < -0.4 is 11.1 Å². The lowest BCUT2D eigenvalue weighted by Crippen LogP contribution is -2.29. The van der Waals surface area contributed by atoms with E-state index in [0.717, 1.165) is 13.1 Å². The number of nitrogens with one attached hydrogen (secondary N) is 1. The van der Waals surface area contributed by atoms with Crippen molar-refractivity contribution in [3.8, 4) is 0 Å². The maximum atomic E-state index is 6.31. The summed E-state index contributed by atoms with van der Waals surface area (Å²) >= 11 is 1.88. The highest BCUT2D eigenvalue weighted by atomic mass is 32.1. The Hall–Kier alpha value is -1.16. The summed E-state index contributed by atoms with van der Waals surface area (Å²) in [6.45, 7) is 8.42. The Labute approximate surface area is 126 Å². The summed E-state index contributed by atoms with van der Waals surface area (Å²) in [7, 11) is 0. The van der Waals surface area contributed by atoms with Gasteiger partial charge in [0.15, 0.2) is 0 Å². The van der Waals surface area contributed by atoms with E-state index >= 15 is 0 Å². The van der Waals surface area contributed by atoms with Crippen LogP contribution in [0.3, 0.4) is 0 Å². The number of nitrogens with two attached hydrogens (primary N) is 1. The van der Waals surface area contributed by atoms with Gasteiger partial charge in [0.1, 0.15) is 0 Å². The number of hydrogen-bond donors (Lipinski definition) is 2. The SMILES string of the molecule is Cc1cc(CNCC(C)C(N)c2ccccc2)sc1C. The maximum Gasteiger partial charge on any atom is 0.0333 e. The number of hydrogen-bond acceptors (Lipinski definition) is 3. The van der Waals surface area contributed by atoms with E-state index in [2.05, 4.69) is 44.3 Å². The molecule has 0 saturated heterocycles. The van der Waals surface area contributed by atoms with Crippen molar-refractivity contribution in [2.45, 2.75) is 33.4 Å². The summed E-state index contributed by atoms with van der Waals surface area (Å²) < 4.78 is 0. The fraction of sp³-hybridized carbons (Fsp3) is 0.412. The molecule has 0 amide bonds. The molecule has 108 valence electrons. The largest absolute Gasteiger partial charge is 0.324 e. The average Bonchev–Trinajstić information content (AvgIpc) is 2.77. The van der Waals surface area contributed by atoms with Crippen molar-refractivity contribution in [2.24, 2.45) is 11.7 Å². The summed E-state index contributed by atoms with van der Waals surface area (Å²) in [4.78, 5) is 2.82. The summed E-state index contributed by atoms with van der Waals surface area (Å²) in [6.07, 6.45) is 0. The Morgan fingerprint density at radius 1 is 1.20 bits per heavy atom. The van der Waals surface area contributed by atoms with Crippen LogP contribution in [0.2, 0.25) is 0 Å². The van der Waals surface area contributed by atoms with E-state index in [9.17, 15) is 0 Å². The van der Waals surface area contributed by atoms with Crippen LogP contribution in [0.15, 0.2) is 36.4 Å². The Bertz CT molecular complexity index is 514. The van der Waals surface area contributed by atoms with Gasteiger partial charge in [-0.3, -0.25) is 0 Å². The molecule has 2 nitrogen and oxygen atoms in total. The van der Waals surface area contributed by atoms with Crippen LogP contribution in [0.4, 0.5) is 0 Å². The van der Waals surface area contributed by atoms with Gasteiger partial charge >= 0.3 is 0 Å².